The highest BCUT2D eigenvalue weighted by atomic mass is 32.1. The average Bonchev–Trinajstić information content (AvgIpc) is 2.69. The van der Waals surface area contributed by atoms with Crippen molar-refractivity contribution in [3.05, 3.63) is 45.5 Å². The molecule has 0 amide bonds. The maximum atomic E-state index is 5.67. The summed E-state index contributed by atoms with van der Waals surface area (Å²) < 4.78 is 3.96. The Balaban J connectivity index is 2.46. The van der Waals surface area contributed by atoms with E-state index in [9.17, 15) is 0 Å². The highest BCUT2D eigenvalue weighted by Gasteiger charge is 2.19. The van der Waals surface area contributed by atoms with E-state index >= 15 is 0 Å². The maximum Gasteiger partial charge on any atom is 0.0840 e. The van der Waals surface area contributed by atoms with Crippen molar-refractivity contribution in [2.75, 3.05) is 0 Å². The minimum atomic E-state index is -0.0319. The van der Waals surface area contributed by atoms with Gasteiger partial charge in [0.2, 0.25) is 0 Å². The van der Waals surface area contributed by atoms with E-state index in [1.54, 1.807) is 0 Å². The fourth-order valence-electron chi connectivity index (χ4n) is 1.96. The normalized spacial score (nSPS) is 12.7. The van der Waals surface area contributed by atoms with Gasteiger partial charge in [0.15, 0.2) is 0 Å². The fraction of sp³-hybridized carbons (Fsp3) is 0.333. The van der Waals surface area contributed by atoms with Crippen LogP contribution in [0.3, 0.4) is 0 Å². The van der Waals surface area contributed by atoms with Crippen LogP contribution in [0.5, 0.6) is 0 Å². The van der Waals surface area contributed by atoms with E-state index in [0.29, 0.717) is 0 Å². The lowest BCUT2D eigenvalue weighted by Gasteiger charge is -2.17. The van der Waals surface area contributed by atoms with Gasteiger partial charge in [0.25, 0.3) is 0 Å². The van der Waals surface area contributed by atoms with Crippen LogP contribution in [0.2, 0.25) is 0 Å². The number of hydrogen-bond donors (Lipinski definition) is 2. The molecule has 17 heavy (non-hydrogen) atoms. The molecule has 0 bridgehead atoms. The zero-order valence-corrected chi connectivity index (χ0v) is 11.0. The SMILES string of the molecule is Cc1ccc(C(NN)c2snnc2C)c(C)c1. The first-order chi connectivity index (χ1) is 8.13. The van der Waals surface area contributed by atoms with Gasteiger partial charge in [-0.25, -0.2) is 5.43 Å². The quantitative estimate of drug-likeness (QED) is 0.644. The molecule has 0 aliphatic carbocycles. The highest BCUT2D eigenvalue weighted by molar-refractivity contribution is 7.05. The molecule has 2 aromatic rings. The number of aryl methyl sites for hydroxylation is 3. The van der Waals surface area contributed by atoms with Crippen molar-refractivity contribution in [2.45, 2.75) is 26.8 Å². The summed E-state index contributed by atoms with van der Waals surface area (Å²) >= 11 is 1.39. The molecule has 0 saturated carbocycles. The molecule has 2 rings (SSSR count). The number of nitrogens with two attached hydrogens (primary N) is 1. The third-order valence-electron chi connectivity index (χ3n) is 2.85. The van der Waals surface area contributed by atoms with Crippen LogP contribution in [0.4, 0.5) is 0 Å². The number of nitrogens with zero attached hydrogens (tertiary/aromatic N) is 2. The number of hydrogen-bond acceptors (Lipinski definition) is 5. The minimum Gasteiger partial charge on any atom is -0.271 e. The van der Waals surface area contributed by atoms with Crippen molar-refractivity contribution in [3.8, 4) is 0 Å². The molecule has 1 aromatic heterocycles. The van der Waals surface area contributed by atoms with E-state index in [4.69, 9.17) is 5.84 Å². The van der Waals surface area contributed by atoms with Crippen molar-refractivity contribution in [1.82, 2.24) is 15.0 Å². The third kappa shape index (κ3) is 2.36. The second kappa shape index (κ2) is 4.91. The third-order valence-corrected chi connectivity index (χ3v) is 3.74. The van der Waals surface area contributed by atoms with Gasteiger partial charge in [0, 0.05) is 0 Å². The molecule has 5 heteroatoms. The zero-order valence-electron chi connectivity index (χ0n) is 10.2. The fourth-order valence-corrected chi connectivity index (χ4v) is 2.68. The van der Waals surface area contributed by atoms with Crippen molar-refractivity contribution in [3.63, 3.8) is 0 Å². The summed E-state index contributed by atoms with van der Waals surface area (Å²) in [4.78, 5) is 1.07. The first kappa shape index (κ1) is 12.2. The lowest BCUT2D eigenvalue weighted by molar-refractivity contribution is 0.638. The van der Waals surface area contributed by atoms with Crippen LogP contribution in [0.15, 0.2) is 18.2 Å². The molecular formula is C12H16N4S. The Morgan fingerprint density at radius 2 is 2.06 bits per heavy atom. The predicted molar refractivity (Wildman–Crippen MR) is 69.7 cm³/mol. The van der Waals surface area contributed by atoms with Crippen LogP contribution < -0.4 is 11.3 Å². The number of rotatable bonds is 3. The van der Waals surface area contributed by atoms with Gasteiger partial charge in [-0.15, -0.1) is 5.10 Å². The van der Waals surface area contributed by atoms with E-state index in [0.717, 1.165) is 10.6 Å². The number of hydrazine groups is 1. The molecule has 1 unspecified atom stereocenters. The molecule has 1 heterocycles. The van der Waals surface area contributed by atoms with E-state index in [1.807, 2.05) is 6.92 Å². The summed E-state index contributed by atoms with van der Waals surface area (Å²) in [6.07, 6.45) is 0. The molecule has 0 radical (unpaired) electrons. The van der Waals surface area contributed by atoms with Crippen molar-refractivity contribution < 1.29 is 0 Å². The second-order valence-corrected chi connectivity index (χ2v) is 4.97. The van der Waals surface area contributed by atoms with Gasteiger partial charge in [0.1, 0.15) is 0 Å². The second-order valence-electron chi connectivity index (χ2n) is 4.18. The Bertz CT molecular complexity index is 521. The molecule has 1 aromatic carbocycles. The molecule has 3 N–H and O–H groups in total. The molecule has 0 aliphatic heterocycles. The van der Waals surface area contributed by atoms with E-state index in [-0.39, 0.29) is 6.04 Å². The molecule has 4 nitrogen and oxygen atoms in total. The van der Waals surface area contributed by atoms with Crippen molar-refractivity contribution >= 4 is 11.5 Å². The Morgan fingerprint density at radius 3 is 2.59 bits per heavy atom. The molecule has 0 fully saturated rings. The zero-order chi connectivity index (χ0) is 12.4. The van der Waals surface area contributed by atoms with E-state index in [1.165, 1.54) is 28.2 Å². The number of benzene rings is 1. The van der Waals surface area contributed by atoms with Gasteiger partial charge in [0.05, 0.1) is 16.6 Å². The molecule has 0 spiro atoms. The maximum absolute atomic E-state index is 5.67. The first-order valence-corrected chi connectivity index (χ1v) is 6.23. The molecule has 90 valence electrons. The van der Waals surface area contributed by atoms with Crippen LogP contribution in [-0.4, -0.2) is 9.59 Å². The Kier molecular flexibility index (Phi) is 3.51. The summed E-state index contributed by atoms with van der Waals surface area (Å²) in [5.41, 5.74) is 7.43. The van der Waals surface area contributed by atoms with Gasteiger partial charge in [-0.05, 0) is 43.4 Å². The van der Waals surface area contributed by atoms with E-state index in [2.05, 4.69) is 47.1 Å². The Labute approximate surface area is 105 Å². The summed E-state index contributed by atoms with van der Waals surface area (Å²) in [6.45, 7) is 6.13. The summed E-state index contributed by atoms with van der Waals surface area (Å²) in [5.74, 6) is 5.67. The smallest absolute Gasteiger partial charge is 0.0840 e. The Morgan fingerprint density at radius 1 is 1.29 bits per heavy atom. The van der Waals surface area contributed by atoms with Crippen LogP contribution in [0, 0.1) is 20.8 Å². The van der Waals surface area contributed by atoms with Crippen molar-refractivity contribution in [1.29, 1.82) is 0 Å². The standard InChI is InChI=1S/C12H16N4S/c1-7-4-5-10(8(2)6-7)11(14-13)12-9(3)15-16-17-12/h4-6,11,14H,13H2,1-3H3. The molecule has 0 saturated heterocycles. The van der Waals surface area contributed by atoms with Crippen LogP contribution >= 0.6 is 11.5 Å². The lowest BCUT2D eigenvalue weighted by Crippen LogP contribution is -2.29. The monoisotopic (exact) mass is 248 g/mol. The Hall–Kier alpha value is -1.30. The summed E-state index contributed by atoms with van der Waals surface area (Å²) in [5, 5.41) is 4.03. The van der Waals surface area contributed by atoms with Gasteiger partial charge in [-0.2, -0.15) is 0 Å². The van der Waals surface area contributed by atoms with Gasteiger partial charge < -0.3 is 0 Å². The topological polar surface area (TPSA) is 63.8 Å². The van der Waals surface area contributed by atoms with Gasteiger partial charge in [-0.1, -0.05) is 28.3 Å². The first-order valence-electron chi connectivity index (χ1n) is 5.45. The average molecular weight is 248 g/mol. The summed E-state index contributed by atoms with van der Waals surface area (Å²) in [7, 11) is 0. The lowest BCUT2D eigenvalue weighted by atomic mass is 9.98. The van der Waals surface area contributed by atoms with E-state index < -0.39 is 0 Å². The highest BCUT2D eigenvalue weighted by Crippen LogP contribution is 2.28. The van der Waals surface area contributed by atoms with Crippen LogP contribution in [0.25, 0.3) is 0 Å². The molecular weight excluding hydrogens is 232 g/mol. The number of nitrogens with one attached hydrogen (secondary N) is 1. The van der Waals surface area contributed by atoms with Gasteiger partial charge >= 0.3 is 0 Å². The molecule has 1 atom stereocenters. The summed E-state index contributed by atoms with van der Waals surface area (Å²) in [6, 6.07) is 6.32. The minimum absolute atomic E-state index is 0.0319. The largest absolute Gasteiger partial charge is 0.271 e. The predicted octanol–water partition coefficient (Wildman–Crippen LogP) is 2.02. The molecule has 0 aliphatic rings. The van der Waals surface area contributed by atoms with Crippen LogP contribution in [-0.2, 0) is 0 Å². The van der Waals surface area contributed by atoms with Gasteiger partial charge in [-0.3, -0.25) is 5.84 Å². The van der Waals surface area contributed by atoms with Crippen LogP contribution in [0.1, 0.15) is 33.3 Å². The van der Waals surface area contributed by atoms with Crippen molar-refractivity contribution in [2.24, 2.45) is 5.84 Å². The number of aromatic nitrogens is 2.